The van der Waals surface area contributed by atoms with E-state index >= 15 is 0 Å². The number of aliphatic hydroxyl groups is 1. The molecular weight excluding hydrogens is 256 g/mol. The Labute approximate surface area is 109 Å². The summed E-state index contributed by atoms with van der Waals surface area (Å²) < 4.78 is 5.93. The Hall–Kier alpha value is -1.03. The lowest BCUT2D eigenvalue weighted by atomic mass is 9.93. The normalized spacial score (nSPS) is 14.4. The van der Waals surface area contributed by atoms with Crippen LogP contribution in [0.3, 0.4) is 0 Å². The van der Waals surface area contributed by atoms with E-state index in [-0.39, 0.29) is 0 Å². The van der Waals surface area contributed by atoms with Crippen molar-refractivity contribution < 1.29 is 9.84 Å². The fraction of sp³-hybridized carbons (Fsp3) is 0.231. The van der Waals surface area contributed by atoms with Crippen molar-refractivity contribution in [2.75, 3.05) is 7.11 Å². The van der Waals surface area contributed by atoms with Gasteiger partial charge in [-0.05, 0) is 25.1 Å². The van der Waals surface area contributed by atoms with Gasteiger partial charge in [-0.25, -0.2) is 0 Å². The van der Waals surface area contributed by atoms with Gasteiger partial charge in [-0.1, -0.05) is 29.8 Å². The average Bonchev–Trinajstić information content (AvgIpc) is 2.76. The third kappa shape index (κ3) is 2.32. The van der Waals surface area contributed by atoms with E-state index in [9.17, 15) is 5.11 Å². The summed E-state index contributed by atoms with van der Waals surface area (Å²) in [5.41, 5.74) is -0.356. The van der Waals surface area contributed by atoms with E-state index < -0.39 is 5.60 Å². The van der Waals surface area contributed by atoms with Crippen LogP contribution in [0.5, 0.6) is 5.75 Å². The second-order valence-electron chi connectivity index (χ2n) is 3.88. The monoisotopic (exact) mass is 268 g/mol. The molecule has 0 fully saturated rings. The Morgan fingerprint density at radius 1 is 1.24 bits per heavy atom. The van der Waals surface area contributed by atoms with Gasteiger partial charge in [0.1, 0.15) is 11.4 Å². The number of halogens is 1. The molecule has 4 heteroatoms. The third-order valence-electron chi connectivity index (χ3n) is 2.68. The summed E-state index contributed by atoms with van der Waals surface area (Å²) in [7, 11) is 1.59. The number of methoxy groups -OCH3 is 1. The van der Waals surface area contributed by atoms with Crippen LogP contribution in [0.1, 0.15) is 17.4 Å². The number of ether oxygens (including phenoxy) is 1. The first kappa shape index (κ1) is 12.4. The molecule has 0 saturated carbocycles. The quantitative estimate of drug-likeness (QED) is 0.920. The van der Waals surface area contributed by atoms with Gasteiger partial charge in [-0.2, -0.15) is 0 Å². The third-order valence-corrected chi connectivity index (χ3v) is 4.13. The summed E-state index contributed by atoms with van der Waals surface area (Å²) in [6.45, 7) is 1.74. The van der Waals surface area contributed by atoms with Crippen molar-refractivity contribution in [1.82, 2.24) is 0 Å². The predicted octanol–water partition coefficient (Wildman–Crippen LogP) is 3.67. The molecule has 2 nitrogen and oxygen atoms in total. The maximum Gasteiger partial charge on any atom is 0.125 e. The lowest BCUT2D eigenvalue weighted by molar-refractivity contribution is 0.103. The van der Waals surface area contributed by atoms with Crippen LogP contribution >= 0.6 is 22.9 Å². The number of hydrogen-bond acceptors (Lipinski definition) is 3. The minimum absolute atomic E-state index is 0.662. The van der Waals surface area contributed by atoms with Crippen LogP contribution in [0.25, 0.3) is 0 Å². The summed E-state index contributed by atoms with van der Waals surface area (Å²) in [6.07, 6.45) is 0. The summed E-state index contributed by atoms with van der Waals surface area (Å²) in [5.74, 6) is 0.669. The second kappa shape index (κ2) is 4.69. The maximum atomic E-state index is 10.7. The van der Waals surface area contributed by atoms with Gasteiger partial charge in [-0.15, -0.1) is 11.3 Å². The molecule has 90 valence electrons. The van der Waals surface area contributed by atoms with E-state index in [0.29, 0.717) is 10.1 Å². The summed E-state index contributed by atoms with van der Waals surface area (Å²) in [4.78, 5) is 0.798. The van der Waals surface area contributed by atoms with Crippen LogP contribution in [0.4, 0.5) is 0 Å². The Morgan fingerprint density at radius 2 is 1.94 bits per heavy atom. The Kier molecular flexibility index (Phi) is 3.43. The standard InChI is InChI=1S/C13H13ClO2S/c1-13(15,11-7-8-12(14)17-11)9-5-3-4-6-10(9)16-2/h3-8,15H,1-2H3. The van der Waals surface area contributed by atoms with E-state index in [0.717, 1.165) is 10.4 Å². The summed E-state index contributed by atoms with van der Waals surface area (Å²) >= 11 is 7.27. The minimum Gasteiger partial charge on any atom is -0.496 e. The molecule has 1 unspecified atom stereocenters. The van der Waals surface area contributed by atoms with Crippen molar-refractivity contribution in [3.8, 4) is 5.75 Å². The number of rotatable bonds is 3. The SMILES string of the molecule is COc1ccccc1C(C)(O)c1ccc(Cl)s1. The Morgan fingerprint density at radius 3 is 2.53 bits per heavy atom. The zero-order valence-corrected chi connectivity index (χ0v) is 11.2. The van der Waals surface area contributed by atoms with Crippen LogP contribution < -0.4 is 4.74 Å². The molecule has 1 heterocycles. The van der Waals surface area contributed by atoms with Crippen LogP contribution in [-0.4, -0.2) is 12.2 Å². The van der Waals surface area contributed by atoms with Gasteiger partial charge in [0.05, 0.1) is 11.4 Å². The van der Waals surface area contributed by atoms with Gasteiger partial charge >= 0.3 is 0 Å². The number of hydrogen-bond donors (Lipinski definition) is 1. The van der Waals surface area contributed by atoms with Gasteiger partial charge in [0.25, 0.3) is 0 Å². The van der Waals surface area contributed by atoms with Crippen LogP contribution in [0.2, 0.25) is 4.34 Å². The number of thiophene rings is 1. The van der Waals surface area contributed by atoms with Crippen LogP contribution in [0.15, 0.2) is 36.4 Å². The molecule has 0 aliphatic carbocycles. The highest BCUT2D eigenvalue weighted by Gasteiger charge is 2.30. The topological polar surface area (TPSA) is 29.5 Å². The molecule has 1 aromatic carbocycles. The highest BCUT2D eigenvalue weighted by Crippen LogP contribution is 2.39. The lowest BCUT2D eigenvalue weighted by Crippen LogP contribution is -2.22. The first-order chi connectivity index (χ1) is 8.05. The van der Waals surface area contributed by atoms with Gasteiger partial charge in [0, 0.05) is 10.4 Å². The minimum atomic E-state index is -1.09. The van der Waals surface area contributed by atoms with Crippen molar-refractivity contribution >= 4 is 22.9 Å². The summed E-state index contributed by atoms with van der Waals surface area (Å²) in [6, 6.07) is 11.1. The van der Waals surface area contributed by atoms with E-state index in [4.69, 9.17) is 16.3 Å². The lowest BCUT2D eigenvalue weighted by Gasteiger charge is -2.24. The number of benzene rings is 1. The van der Waals surface area contributed by atoms with E-state index in [1.165, 1.54) is 11.3 Å². The molecule has 1 aromatic heterocycles. The van der Waals surface area contributed by atoms with E-state index in [2.05, 4.69) is 0 Å². The molecule has 0 saturated heterocycles. The van der Waals surface area contributed by atoms with Gasteiger partial charge in [0.15, 0.2) is 0 Å². The van der Waals surface area contributed by atoms with Crippen molar-refractivity contribution in [2.24, 2.45) is 0 Å². The first-order valence-corrected chi connectivity index (χ1v) is 6.37. The van der Waals surface area contributed by atoms with Gasteiger partial charge in [-0.3, -0.25) is 0 Å². The highest BCUT2D eigenvalue weighted by molar-refractivity contribution is 7.16. The molecule has 2 aromatic rings. The number of para-hydroxylation sites is 1. The largest absolute Gasteiger partial charge is 0.496 e. The maximum absolute atomic E-state index is 10.7. The van der Waals surface area contributed by atoms with Crippen molar-refractivity contribution in [3.63, 3.8) is 0 Å². The molecular formula is C13H13ClO2S. The van der Waals surface area contributed by atoms with Gasteiger partial charge < -0.3 is 9.84 Å². The van der Waals surface area contributed by atoms with Crippen molar-refractivity contribution in [3.05, 3.63) is 51.2 Å². The highest BCUT2D eigenvalue weighted by atomic mass is 35.5. The smallest absolute Gasteiger partial charge is 0.125 e. The molecule has 0 amide bonds. The molecule has 2 rings (SSSR count). The average molecular weight is 269 g/mol. The van der Waals surface area contributed by atoms with Crippen molar-refractivity contribution in [2.45, 2.75) is 12.5 Å². The molecule has 1 N–H and O–H groups in total. The molecule has 0 aliphatic heterocycles. The van der Waals surface area contributed by atoms with E-state index in [1.807, 2.05) is 30.3 Å². The van der Waals surface area contributed by atoms with Gasteiger partial charge in [0.2, 0.25) is 0 Å². The van der Waals surface area contributed by atoms with Crippen LogP contribution in [-0.2, 0) is 5.60 Å². The van der Waals surface area contributed by atoms with E-state index in [1.54, 1.807) is 20.1 Å². The van der Waals surface area contributed by atoms with Crippen LogP contribution in [0, 0.1) is 0 Å². The zero-order chi connectivity index (χ0) is 12.5. The zero-order valence-electron chi connectivity index (χ0n) is 9.61. The first-order valence-electron chi connectivity index (χ1n) is 5.17. The fourth-order valence-electron chi connectivity index (χ4n) is 1.76. The Bertz CT molecular complexity index is 520. The predicted molar refractivity (Wildman–Crippen MR) is 71.0 cm³/mol. The molecule has 0 aliphatic rings. The molecule has 0 bridgehead atoms. The second-order valence-corrected chi connectivity index (χ2v) is 5.59. The summed E-state index contributed by atoms with van der Waals surface area (Å²) in [5, 5.41) is 10.7. The Balaban J connectivity index is 2.50. The molecule has 17 heavy (non-hydrogen) atoms. The fourth-order valence-corrected chi connectivity index (χ4v) is 2.86. The molecule has 0 spiro atoms. The molecule has 0 radical (unpaired) electrons. The molecule has 1 atom stereocenters. The van der Waals surface area contributed by atoms with Crippen molar-refractivity contribution in [1.29, 1.82) is 0 Å².